The van der Waals surface area contributed by atoms with Gasteiger partial charge in [0.2, 0.25) is 0 Å². The molecule has 0 fully saturated rings. The Balaban J connectivity index is 2.36. The molecule has 0 saturated carbocycles. The molecule has 1 heterocycles. The van der Waals surface area contributed by atoms with E-state index in [0.717, 1.165) is 0 Å². The molecule has 0 aromatic heterocycles. The van der Waals surface area contributed by atoms with Gasteiger partial charge in [-0.15, -0.1) is 0 Å². The first kappa shape index (κ1) is 11.5. The number of carbonyl (C=O) groups excluding carboxylic acids is 2. The smallest absolute Gasteiger partial charge is 0.356 e. The number of methoxy groups -OCH3 is 2. The third kappa shape index (κ3) is 2.09. The molecular formula is C12H11NO4. The van der Waals surface area contributed by atoms with Crippen LogP contribution in [0.25, 0.3) is 0 Å². The molecule has 1 aliphatic heterocycles. The van der Waals surface area contributed by atoms with Crippen molar-refractivity contribution >= 4 is 17.5 Å². The molecule has 0 amide bonds. The van der Waals surface area contributed by atoms with Crippen molar-refractivity contribution in [2.24, 2.45) is 4.99 Å². The lowest BCUT2D eigenvalue weighted by Gasteiger charge is -2.18. The number of aliphatic imine (C=N–C) groups is 1. The van der Waals surface area contributed by atoms with Gasteiger partial charge in [-0.05, 0) is 18.2 Å². The van der Waals surface area contributed by atoms with Crippen LogP contribution in [-0.2, 0) is 19.1 Å². The fourth-order valence-corrected chi connectivity index (χ4v) is 1.61. The van der Waals surface area contributed by atoms with Gasteiger partial charge in [0.25, 0.3) is 0 Å². The van der Waals surface area contributed by atoms with E-state index < -0.39 is 5.97 Å². The van der Waals surface area contributed by atoms with Crippen LogP contribution < -0.4 is 0 Å². The highest BCUT2D eigenvalue weighted by molar-refractivity contribution is 6.33. The van der Waals surface area contributed by atoms with Crippen molar-refractivity contribution in [3.05, 3.63) is 35.6 Å². The van der Waals surface area contributed by atoms with Crippen LogP contribution in [0.15, 0.2) is 40.6 Å². The molecule has 17 heavy (non-hydrogen) atoms. The van der Waals surface area contributed by atoms with E-state index in [1.807, 2.05) is 0 Å². The van der Waals surface area contributed by atoms with Crippen molar-refractivity contribution in [1.29, 1.82) is 0 Å². The minimum absolute atomic E-state index is 0.0187. The number of rotatable bonds is 2. The Kier molecular flexibility index (Phi) is 3.01. The number of ketones is 1. The maximum atomic E-state index is 11.8. The summed E-state index contributed by atoms with van der Waals surface area (Å²) in [6, 6.07) is 0. The molecule has 0 radical (unpaired) electrons. The van der Waals surface area contributed by atoms with Gasteiger partial charge in [0.05, 0.1) is 18.9 Å². The molecule has 5 heteroatoms. The van der Waals surface area contributed by atoms with Gasteiger partial charge in [-0.2, -0.15) is 0 Å². The van der Waals surface area contributed by atoms with E-state index in [0.29, 0.717) is 11.3 Å². The van der Waals surface area contributed by atoms with E-state index in [-0.39, 0.29) is 17.6 Å². The second kappa shape index (κ2) is 4.47. The van der Waals surface area contributed by atoms with Gasteiger partial charge in [-0.25, -0.2) is 9.79 Å². The first-order chi connectivity index (χ1) is 8.15. The molecular weight excluding hydrogens is 222 g/mol. The minimum atomic E-state index is -0.618. The third-order valence-corrected chi connectivity index (χ3v) is 2.49. The zero-order chi connectivity index (χ0) is 12.4. The molecule has 0 spiro atoms. The zero-order valence-electron chi connectivity index (χ0n) is 9.47. The summed E-state index contributed by atoms with van der Waals surface area (Å²) in [5.41, 5.74) is 0.934. The predicted octanol–water partition coefficient (Wildman–Crippen LogP) is 0.578. The molecule has 2 rings (SSSR count). The van der Waals surface area contributed by atoms with Crippen LogP contribution in [0, 0.1) is 0 Å². The number of esters is 1. The normalized spacial score (nSPS) is 22.4. The number of nitrogens with zero attached hydrogens (tertiary/aromatic N) is 1. The van der Waals surface area contributed by atoms with Crippen molar-refractivity contribution in [3.8, 4) is 0 Å². The highest BCUT2D eigenvalue weighted by Crippen LogP contribution is 2.20. The molecule has 0 aromatic rings. The fourth-order valence-electron chi connectivity index (χ4n) is 1.61. The largest absolute Gasteiger partial charge is 0.464 e. The van der Waals surface area contributed by atoms with Crippen molar-refractivity contribution in [2.45, 2.75) is 6.10 Å². The Labute approximate surface area is 98.1 Å². The van der Waals surface area contributed by atoms with Crippen LogP contribution >= 0.6 is 0 Å². The van der Waals surface area contributed by atoms with Crippen LogP contribution in [0.5, 0.6) is 0 Å². The van der Waals surface area contributed by atoms with Crippen LogP contribution in [0.4, 0.5) is 0 Å². The monoisotopic (exact) mass is 233 g/mol. The summed E-state index contributed by atoms with van der Waals surface area (Å²) in [6.45, 7) is 0. The maximum absolute atomic E-state index is 11.8. The molecule has 0 N–H and O–H groups in total. The van der Waals surface area contributed by atoms with E-state index in [4.69, 9.17) is 4.74 Å². The molecule has 1 unspecified atom stereocenters. The van der Waals surface area contributed by atoms with Gasteiger partial charge in [-0.1, -0.05) is 0 Å². The Hall–Kier alpha value is -2.01. The Morgan fingerprint density at radius 1 is 1.41 bits per heavy atom. The summed E-state index contributed by atoms with van der Waals surface area (Å²) in [6.07, 6.45) is 6.03. The molecule has 88 valence electrons. The van der Waals surface area contributed by atoms with Crippen LogP contribution in [-0.4, -0.2) is 37.8 Å². The lowest BCUT2D eigenvalue weighted by molar-refractivity contribution is -0.136. The van der Waals surface area contributed by atoms with Gasteiger partial charge >= 0.3 is 5.97 Å². The maximum Gasteiger partial charge on any atom is 0.356 e. The summed E-state index contributed by atoms with van der Waals surface area (Å²) in [5, 5.41) is 0. The minimum Gasteiger partial charge on any atom is -0.464 e. The number of hydrogen-bond acceptors (Lipinski definition) is 5. The molecule has 0 saturated heterocycles. The van der Waals surface area contributed by atoms with Gasteiger partial charge in [-0.3, -0.25) is 4.79 Å². The Morgan fingerprint density at radius 2 is 2.18 bits per heavy atom. The van der Waals surface area contributed by atoms with Crippen molar-refractivity contribution < 1.29 is 19.1 Å². The van der Waals surface area contributed by atoms with E-state index in [1.54, 1.807) is 25.3 Å². The van der Waals surface area contributed by atoms with E-state index in [9.17, 15) is 9.59 Å². The van der Waals surface area contributed by atoms with Gasteiger partial charge in [0.15, 0.2) is 11.5 Å². The van der Waals surface area contributed by atoms with Crippen LogP contribution in [0.1, 0.15) is 0 Å². The highest BCUT2D eigenvalue weighted by atomic mass is 16.5. The molecule has 1 aliphatic carbocycles. The Bertz CT molecular complexity index is 497. The average molecular weight is 233 g/mol. The lowest BCUT2D eigenvalue weighted by Crippen LogP contribution is -2.23. The number of ether oxygens (including phenoxy) is 2. The fraction of sp³-hybridized carbons (Fsp3) is 0.250. The summed E-state index contributed by atoms with van der Waals surface area (Å²) in [7, 11) is 2.80. The van der Waals surface area contributed by atoms with E-state index in [2.05, 4.69) is 9.73 Å². The third-order valence-electron chi connectivity index (χ3n) is 2.49. The number of hydrogen-bond donors (Lipinski definition) is 0. The van der Waals surface area contributed by atoms with Gasteiger partial charge < -0.3 is 9.47 Å². The van der Waals surface area contributed by atoms with Gasteiger partial charge in [0.1, 0.15) is 0 Å². The standard InChI is InChI=1S/C12H11NO4/c1-16-7-3-4-9-8(5-7)11(14)6-10(13-9)12(15)17-2/h3-7H,1-2H3. The quantitative estimate of drug-likeness (QED) is 0.654. The number of allylic oxidation sites excluding steroid dienone is 3. The second-order valence-electron chi connectivity index (χ2n) is 3.52. The van der Waals surface area contributed by atoms with Crippen LogP contribution in [0.2, 0.25) is 0 Å². The molecule has 2 aliphatic rings. The van der Waals surface area contributed by atoms with E-state index in [1.165, 1.54) is 13.2 Å². The first-order valence-corrected chi connectivity index (χ1v) is 5.02. The second-order valence-corrected chi connectivity index (χ2v) is 3.52. The number of fused-ring (bicyclic) bond motifs is 1. The Morgan fingerprint density at radius 3 is 2.82 bits per heavy atom. The molecule has 0 bridgehead atoms. The summed E-state index contributed by atoms with van der Waals surface area (Å²) in [5.74, 6) is -0.881. The lowest BCUT2D eigenvalue weighted by atomic mass is 9.95. The van der Waals surface area contributed by atoms with Crippen molar-refractivity contribution in [1.82, 2.24) is 0 Å². The SMILES string of the molecule is COC(=O)C1=CC(=O)C2=CC(OC)C=CC2=N1. The summed E-state index contributed by atoms with van der Waals surface area (Å²) < 4.78 is 9.63. The molecule has 0 aromatic carbocycles. The first-order valence-electron chi connectivity index (χ1n) is 5.02. The van der Waals surface area contributed by atoms with Crippen LogP contribution in [0.3, 0.4) is 0 Å². The van der Waals surface area contributed by atoms with Crippen molar-refractivity contribution in [2.75, 3.05) is 14.2 Å². The molecule has 5 nitrogen and oxygen atoms in total. The number of carbonyl (C=O) groups is 2. The van der Waals surface area contributed by atoms with Crippen molar-refractivity contribution in [3.63, 3.8) is 0 Å². The summed E-state index contributed by atoms with van der Waals surface area (Å²) >= 11 is 0. The average Bonchev–Trinajstić information content (AvgIpc) is 2.37. The van der Waals surface area contributed by atoms with E-state index >= 15 is 0 Å². The molecule has 1 atom stereocenters. The van der Waals surface area contributed by atoms with Gasteiger partial charge in [0, 0.05) is 18.8 Å². The zero-order valence-corrected chi connectivity index (χ0v) is 9.47. The summed E-state index contributed by atoms with van der Waals surface area (Å²) in [4.78, 5) is 27.2. The highest BCUT2D eigenvalue weighted by Gasteiger charge is 2.25. The predicted molar refractivity (Wildman–Crippen MR) is 60.6 cm³/mol. The topological polar surface area (TPSA) is 65.0 Å².